The van der Waals surface area contributed by atoms with Gasteiger partial charge in [-0.15, -0.1) is 0 Å². The van der Waals surface area contributed by atoms with Crippen LogP contribution >= 0.6 is 11.6 Å². The summed E-state index contributed by atoms with van der Waals surface area (Å²) in [6, 6.07) is 5.37. The second kappa shape index (κ2) is 3.74. The molecule has 76 valence electrons. The van der Waals surface area contributed by atoms with E-state index in [1.807, 2.05) is 6.07 Å². The summed E-state index contributed by atoms with van der Waals surface area (Å²) < 4.78 is 0. The molecule has 15 heavy (non-hydrogen) atoms. The predicted octanol–water partition coefficient (Wildman–Crippen LogP) is 3.07. The van der Waals surface area contributed by atoms with Gasteiger partial charge in [0.15, 0.2) is 0 Å². The van der Waals surface area contributed by atoms with E-state index in [0.29, 0.717) is 5.02 Å². The summed E-state index contributed by atoms with van der Waals surface area (Å²) in [5, 5.41) is 11.7. The Bertz CT molecular complexity index is 545. The number of benzene rings is 1. The Hall–Kier alpha value is -1.81. The van der Waals surface area contributed by atoms with Gasteiger partial charge in [0.1, 0.15) is 0 Å². The molecule has 2 rings (SSSR count). The van der Waals surface area contributed by atoms with Gasteiger partial charge in [-0.2, -0.15) is 0 Å². The minimum Gasteiger partial charge on any atom is -0.361 e. The van der Waals surface area contributed by atoms with Gasteiger partial charge < -0.3 is 4.98 Å². The Morgan fingerprint density at radius 2 is 2.27 bits per heavy atom. The normalized spacial score (nSPS) is 11.3. The number of nitro groups is 1. The van der Waals surface area contributed by atoms with Crippen LogP contribution in [0.15, 0.2) is 30.6 Å². The average molecular weight is 223 g/mol. The second-order valence-corrected chi connectivity index (χ2v) is 3.47. The molecule has 5 heteroatoms. The topological polar surface area (TPSA) is 58.9 Å². The van der Waals surface area contributed by atoms with E-state index in [-0.39, 0.29) is 0 Å². The molecule has 0 aliphatic carbocycles. The van der Waals surface area contributed by atoms with E-state index in [1.165, 1.54) is 6.08 Å². The number of hydrogen-bond donors (Lipinski definition) is 1. The molecule has 1 heterocycles. The largest absolute Gasteiger partial charge is 0.361 e. The van der Waals surface area contributed by atoms with Gasteiger partial charge in [0, 0.05) is 33.8 Å². The lowest BCUT2D eigenvalue weighted by Crippen LogP contribution is -1.81. The van der Waals surface area contributed by atoms with E-state index in [1.54, 1.807) is 18.3 Å². The molecule has 1 aromatic heterocycles. The standard InChI is InChI=1S/C10H7ClN2O2/c11-8-1-2-10-9(5-8)7(6-12-10)3-4-13(14)15/h1-6,12H/b4-3+. The van der Waals surface area contributed by atoms with Crippen LogP contribution in [0, 0.1) is 10.1 Å². The van der Waals surface area contributed by atoms with Crippen molar-refractivity contribution in [2.45, 2.75) is 0 Å². The van der Waals surface area contributed by atoms with Crippen molar-refractivity contribution in [3.8, 4) is 0 Å². The van der Waals surface area contributed by atoms with Crippen LogP contribution < -0.4 is 0 Å². The van der Waals surface area contributed by atoms with E-state index in [4.69, 9.17) is 11.6 Å². The number of H-pyrrole nitrogens is 1. The van der Waals surface area contributed by atoms with Crippen LogP contribution in [0.5, 0.6) is 0 Å². The van der Waals surface area contributed by atoms with Gasteiger partial charge in [0.2, 0.25) is 6.20 Å². The summed E-state index contributed by atoms with van der Waals surface area (Å²) in [5.74, 6) is 0. The molecule has 0 radical (unpaired) electrons. The van der Waals surface area contributed by atoms with Crippen molar-refractivity contribution < 1.29 is 4.92 Å². The Morgan fingerprint density at radius 3 is 3.00 bits per heavy atom. The molecule has 0 aliphatic rings. The fourth-order valence-electron chi connectivity index (χ4n) is 1.39. The maximum atomic E-state index is 10.2. The SMILES string of the molecule is O=[N+]([O-])/C=C/c1c[nH]c2ccc(Cl)cc12. The lowest BCUT2D eigenvalue weighted by molar-refractivity contribution is -0.400. The molecule has 0 bridgehead atoms. The zero-order valence-corrected chi connectivity index (χ0v) is 8.36. The van der Waals surface area contributed by atoms with Crippen molar-refractivity contribution in [1.82, 2.24) is 4.98 Å². The quantitative estimate of drug-likeness (QED) is 0.627. The number of aromatic nitrogens is 1. The maximum absolute atomic E-state index is 10.2. The van der Waals surface area contributed by atoms with E-state index in [9.17, 15) is 10.1 Å². The third-order valence-electron chi connectivity index (χ3n) is 2.05. The van der Waals surface area contributed by atoms with Crippen LogP contribution in [0.25, 0.3) is 17.0 Å². The van der Waals surface area contributed by atoms with Crippen LogP contribution in [0.1, 0.15) is 5.56 Å². The predicted molar refractivity (Wildman–Crippen MR) is 59.3 cm³/mol. The first kappa shape index (κ1) is 9.73. The van der Waals surface area contributed by atoms with E-state index < -0.39 is 4.92 Å². The summed E-state index contributed by atoms with van der Waals surface area (Å²) in [5.41, 5.74) is 1.66. The Balaban J connectivity index is 2.52. The van der Waals surface area contributed by atoms with Crippen LogP contribution in [-0.2, 0) is 0 Å². The van der Waals surface area contributed by atoms with Gasteiger partial charge in [-0.25, -0.2) is 0 Å². The van der Waals surface area contributed by atoms with Crippen LogP contribution in [-0.4, -0.2) is 9.91 Å². The van der Waals surface area contributed by atoms with Crippen LogP contribution in [0.3, 0.4) is 0 Å². The Kier molecular flexibility index (Phi) is 2.43. The lowest BCUT2D eigenvalue weighted by atomic mass is 10.2. The molecule has 0 unspecified atom stereocenters. The molecule has 0 aliphatic heterocycles. The Morgan fingerprint density at radius 1 is 1.47 bits per heavy atom. The summed E-state index contributed by atoms with van der Waals surface area (Å²) in [4.78, 5) is 12.7. The minimum atomic E-state index is -0.497. The van der Waals surface area contributed by atoms with Gasteiger partial charge in [-0.1, -0.05) is 11.6 Å². The summed E-state index contributed by atoms with van der Waals surface area (Å²) in [6.45, 7) is 0. The molecule has 0 atom stereocenters. The smallest absolute Gasteiger partial charge is 0.235 e. The van der Waals surface area contributed by atoms with Gasteiger partial charge >= 0.3 is 0 Å². The number of rotatable bonds is 2. The highest BCUT2D eigenvalue weighted by atomic mass is 35.5. The fourth-order valence-corrected chi connectivity index (χ4v) is 1.57. The van der Waals surface area contributed by atoms with E-state index >= 15 is 0 Å². The summed E-state index contributed by atoms with van der Waals surface area (Å²) in [6.07, 6.45) is 4.06. The molecule has 2 aromatic rings. The molecule has 4 nitrogen and oxygen atoms in total. The Labute approximate surface area is 90.3 Å². The highest BCUT2D eigenvalue weighted by molar-refractivity contribution is 6.31. The zero-order chi connectivity index (χ0) is 10.8. The van der Waals surface area contributed by atoms with Crippen LogP contribution in [0.4, 0.5) is 0 Å². The van der Waals surface area contributed by atoms with Crippen molar-refractivity contribution in [1.29, 1.82) is 0 Å². The number of hydrogen-bond acceptors (Lipinski definition) is 2. The van der Waals surface area contributed by atoms with Crippen molar-refractivity contribution >= 4 is 28.6 Å². The minimum absolute atomic E-state index is 0.497. The molecule has 0 saturated heterocycles. The van der Waals surface area contributed by atoms with Crippen molar-refractivity contribution in [3.63, 3.8) is 0 Å². The first-order chi connectivity index (χ1) is 7.16. The maximum Gasteiger partial charge on any atom is 0.235 e. The third-order valence-corrected chi connectivity index (χ3v) is 2.29. The third kappa shape index (κ3) is 1.99. The van der Waals surface area contributed by atoms with Crippen molar-refractivity contribution in [3.05, 3.63) is 51.3 Å². The lowest BCUT2D eigenvalue weighted by Gasteiger charge is -1.92. The number of aromatic amines is 1. The highest BCUT2D eigenvalue weighted by Crippen LogP contribution is 2.23. The molecule has 0 saturated carbocycles. The molecule has 1 N–H and O–H groups in total. The number of nitrogens with zero attached hydrogens (tertiary/aromatic N) is 1. The number of nitrogens with one attached hydrogen (secondary N) is 1. The van der Waals surface area contributed by atoms with Gasteiger partial charge in [0.25, 0.3) is 0 Å². The molecular formula is C10H7ClN2O2. The zero-order valence-electron chi connectivity index (χ0n) is 7.61. The summed E-state index contributed by atoms with van der Waals surface area (Å²) in [7, 11) is 0. The second-order valence-electron chi connectivity index (χ2n) is 3.04. The molecule has 0 amide bonds. The highest BCUT2D eigenvalue weighted by Gasteiger charge is 2.02. The van der Waals surface area contributed by atoms with Gasteiger partial charge in [0.05, 0.1) is 4.92 Å². The van der Waals surface area contributed by atoms with Crippen molar-refractivity contribution in [2.24, 2.45) is 0 Å². The van der Waals surface area contributed by atoms with Gasteiger partial charge in [-0.05, 0) is 18.2 Å². The van der Waals surface area contributed by atoms with Crippen LogP contribution in [0.2, 0.25) is 5.02 Å². The molecular weight excluding hydrogens is 216 g/mol. The monoisotopic (exact) mass is 222 g/mol. The van der Waals surface area contributed by atoms with E-state index in [0.717, 1.165) is 22.7 Å². The number of fused-ring (bicyclic) bond motifs is 1. The number of halogens is 1. The molecule has 1 aromatic carbocycles. The first-order valence-electron chi connectivity index (χ1n) is 4.25. The van der Waals surface area contributed by atoms with Gasteiger partial charge in [-0.3, -0.25) is 10.1 Å². The average Bonchev–Trinajstić information content (AvgIpc) is 2.57. The summed E-state index contributed by atoms with van der Waals surface area (Å²) >= 11 is 5.84. The first-order valence-corrected chi connectivity index (χ1v) is 4.63. The van der Waals surface area contributed by atoms with Crippen molar-refractivity contribution in [2.75, 3.05) is 0 Å². The molecule has 0 fully saturated rings. The van der Waals surface area contributed by atoms with E-state index in [2.05, 4.69) is 4.98 Å². The fraction of sp³-hybridized carbons (Fsp3) is 0. The molecule has 0 spiro atoms.